The summed E-state index contributed by atoms with van der Waals surface area (Å²) in [5.74, 6) is -1.91. The van der Waals surface area contributed by atoms with Gasteiger partial charge in [-0.15, -0.1) is 0 Å². The number of primary amides is 1. The lowest BCUT2D eigenvalue weighted by molar-refractivity contribution is -0.137. The minimum Gasteiger partial charge on any atom is -0.493 e. The van der Waals surface area contributed by atoms with Crippen molar-refractivity contribution in [1.82, 2.24) is 9.66 Å². The molecular weight excluding hydrogens is 405 g/mol. The standard InChI is InChI=1S/C16H18ClF3N4O4/c1-7-11(15(2,28-3)6-9(21)25)14(27)24(13(7)26)23-10-5-4-8(12(17)22-10)16(18,19)20/h4-5,26-27H,6H2,1-3H3,(H2,21,25)(H,22,23). The first-order chi connectivity index (χ1) is 12.8. The van der Waals surface area contributed by atoms with E-state index in [9.17, 15) is 28.2 Å². The lowest BCUT2D eigenvalue weighted by Gasteiger charge is -2.27. The molecule has 8 nitrogen and oxygen atoms in total. The first-order valence-corrected chi connectivity index (χ1v) is 8.17. The van der Waals surface area contributed by atoms with Crippen molar-refractivity contribution in [3.05, 3.63) is 34.0 Å². The number of carbonyl (C=O) groups is 1. The van der Waals surface area contributed by atoms with E-state index in [0.717, 1.165) is 10.7 Å². The van der Waals surface area contributed by atoms with E-state index in [4.69, 9.17) is 22.1 Å². The van der Waals surface area contributed by atoms with Gasteiger partial charge in [0.05, 0.1) is 17.5 Å². The van der Waals surface area contributed by atoms with Crippen molar-refractivity contribution in [2.24, 2.45) is 5.73 Å². The largest absolute Gasteiger partial charge is 0.493 e. The van der Waals surface area contributed by atoms with Gasteiger partial charge < -0.3 is 20.7 Å². The highest BCUT2D eigenvalue weighted by Crippen LogP contribution is 2.43. The molecule has 1 atom stereocenters. The second-order valence-corrected chi connectivity index (χ2v) is 6.56. The van der Waals surface area contributed by atoms with Gasteiger partial charge in [-0.05, 0) is 26.0 Å². The zero-order valence-electron chi connectivity index (χ0n) is 15.1. The first kappa shape index (κ1) is 21.6. The zero-order chi connectivity index (χ0) is 21.4. The number of hydrogen-bond donors (Lipinski definition) is 4. The predicted octanol–water partition coefficient (Wildman–Crippen LogP) is 2.89. The van der Waals surface area contributed by atoms with Gasteiger partial charge in [0.2, 0.25) is 17.7 Å². The van der Waals surface area contributed by atoms with Crippen molar-refractivity contribution in [1.29, 1.82) is 0 Å². The van der Waals surface area contributed by atoms with E-state index in [1.54, 1.807) is 0 Å². The molecule has 0 bridgehead atoms. The molecule has 0 radical (unpaired) electrons. The Balaban J connectivity index is 2.49. The number of rotatable bonds is 6. The Hall–Kier alpha value is -2.66. The topological polar surface area (TPSA) is 123 Å². The van der Waals surface area contributed by atoms with Crippen molar-refractivity contribution in [3.63, 3.8) is 0 Å². The van der Waals surface area contributed by atoms with E-state index in [2.05, 4.69) is 10.4 Å². The van der Waals surface area contributed by atoms with E-state index in [1.165, 1.54) is 21.0 Å². The first-order valence-electron chi connectivity index (χ1n) is 7.79. The van der Waals surface area contributed by atoms with Crippen molar-refractivity contribution >= 4 is 23.3 Å². The Morgan fingerprint density at radius 3 is 2.43 bits per heavy atom. The van der Waals surface area contributed by atoms with Gasteiger partial charge >= 0.3 is 6.18 Å². The molecule has 154 valence electrons. The summed E-state index contributed by atoms with van der Waals surface area (Å²) in [5.41, 5.74) is 5.41. The van der Waals surface area contributed by atoms with Gasteiger partial charge in [-0.1, -0.05) is 11.6 Å². The van der Waals surface area contributed by atoms with Crippen LogP contribution in [0.1, 0.15) is 30.0 Å². The summed E-state index contributed by atoms with van der Waals surface area (Å²) in [6.07, 6.45) is -4.98. The molecule has 2 rings (SSSR count). The highest BCUT2D eigenvalue weighted by atomic mass is 35.5. The number of ether oxygens (including phenoxy) is 1. The van der Waals surface area contributed by atoms with Gasteiger partial charge in [-0.3, -0.25) is 10.2 Å². The summed E-state index contributed by atoms with van der Waals surface area (Å²) in [7, 11) is 1.29. The molecule has 1 unspecified atom stereocenters. The van der Waals surface area contributed by atoms with Crippen LogP contribution >= 0.6 is 11.6 Å². The summed E-state index contributed by atoms with van der Waals surface area (Å²) < 4.78 is 44.4. The van der Waals surface area contributed by atoms with Crippen LogP contribution in [0.25, 0.3) is 0 Å². The van der Waals surface area contributed by atoms with E-state index < -0.39 is 40.2 Å². The maximum absolute atomic E-state index is 12.8. The van der Waals surface area contributed by atoms with Gasteiger partial charge in [0.1, 0.15) is 16.6 Å². The second-order valence-electron chi connectivity index (χ2n) is 6.21. The Labute approximate surface area is 162 Å². The predicted molar refractivity (Wildman–Crippen MR) is 93.9 cm³/mol. The third-order valence-corrected chi connectivity index (χ3v) is 4.52. The van der Waals surface area contributed by atoms with E-state index in [-0.39, 0.29) is 23.4 Å². The van der Waals surface area contributed by atoms with E-state index in [0.29, 0.717) is 6.07 Å². The number of pyridine rings is 1. The molecule has 2 heterocycles. The van der Waals surface area contributed by atoms with Crippen molar-refractivity contribution in [3.8, 4) is 11.8 Å². The summed E-state index contributed by atoms with van der Waals surface area (Å²) in [6, 6.07) is 1.68. The fourth-order valence-corrected chi connectivity index (χ4v) is 3.08. The zero-order valence-corrected chi connectivity index (χ0v) is 15.8. The number of hydrogen-bond acceptors (Lipinski definition) is 6. The number of halogens is 4. The average molecular weight is 423 g/mol. The van der Waals surface area contributed by atoms with Gasteiger partial charge in [0.25, 0.3) is 0 Å². The van der Waals surface area contributed by atoms with E-state index in [1.807, 2.05) is 0 Å². The number of alkyl halides is 3. The van der Waals surface area contributed by atoms with Crippen LogP contribution in [-0.4, -0.2) is 32.9 Å². The van der Waals surface area contributed by atoms with Crippen molar-refractivity contribution in [2.75, 3.05) is 12.5 Å². The van der Waals surface area contributed by atoms with E-state index >= 15 is 0 Å². The summed E-state index contributed by atoms with van der Waals surface area (Å²) in [4.78, 5) is 14.9. The van der Waals surface area contributed by atoms with Crippen molar-refractivity contribution in [2.45, 2.75) is 32.0 Å². The van der Waals surface area contributed by atoms with Gasteiger partial charge in [0, 0.05) is 12.7 Å². The minimum absolute atomic E-state index is 0.0665. The molecular formula is C16H18ClF3N4O4. The summed E-state index contributed by atoms with van der Waals surface area (Å²) in [6.45, 7) is 2.94. The molecule has 2 aromatic rings. The number of carbonyl (C=O) groups excluding carboxylic acids is 1. The van der Waals surface area contributed by atoms with Gasteiger partial charge in [0.15, 0.2) is 0 Å². The third kappa shape index (κ3) is 3.94. The van der Waals surface area contributed by atoms with Crippen LogP contribution < -0.4 is 11.2 Å². The Morgan fingerprint density at radius 1 is 1.36 bits per heavy atom. The number of aromatic nitrogens is 2. The smallest absolute Gasteiger partial charge is 0.419 e. The van der Waals surface area contributed by atoms with Gasteiger partial charge in [-0.2, -0.15) is 17.8 Å². The number of amides is 1. The lowest BCUT2D eigenvalue weighted by atomic mass is 9.91. The fraction of sp³-hybridized carbons (Fsp3) is 0.375. The third-order valence-electron chi connectivity index (χ3n) is 4.23. The molecule has 0 saturated carbocycles. The van der Waals surface area contributed by atoms with Crippen LogP contribution in [0.15, 0.2) is 12.1 Å². The average Bonchev–Trinajstić information content (AvgIpc) is 2.77. The molecule has 12 heteroatoms. The SMILES string of the molecule is COC(C)(CC(N)=O)c1c(C)c(O)n(Nc2ccc(C(F)(F)F)c(Cl)n2)c1O. The summed E-state index contributed by atoms with van der Waals surface area (Å²) >= 11 is 5.57. The number of nitrogens with one attached hydrogen (secondary N) is 1. The molecule has 0 saturated heterocycles. The van der Waals surface area contributed by atoms with Crippen LogP contribution in [-0.2, 0) is 21.3 Å². The molecule has 0 aliphatic heterocycles. The molecule has 28 heavy (non-hydrogen) atoms. The maximum Gasteiger partial charge on any atom is 0.419 e. The number of nitrogens with two attached hydrogens (primary N) is 1. The second kappa shape index (κ2) is 7.40. The molecule has 0 fully saturated rings. The van der Waals surface area contributed by atoms with Crippen LogP contribution in [0, 0.1) is 6.92 Å². The Bertz CT molecular complexity index is 916. The Kier molecular flexibility index (Phi) is 5.72. The van der Waals surface area contributed by atoms with Crippen molar-refractivity contribution < 1.29 is 32.9 Å². The number of nitrogens with zero attached hydrogens (tertiary/aromatic N) is 2. The quantitative estimate of drug-likeness (QED) is 0.531. The van der Waals surface area contributed by atoms with Crippen LogP contribution in [0.2, 0.25) is 5.15 Å². The number of aromatic hydroxyl groups is 2. The maximum atomic E-state index is 12.8. The minimum atomic E-state index is -4.68. The normalized spacial score (nSPS) is 14.0. The Morgan fingerprint density at radius 2 is 1.96 bits per heavy atom. The molecule has 5 N–H and O–H groups in total. The highest BCUT2D eigenvalue weighted by molar-refractivity contribution is 6.30. The van der Waals surface area contributed by atoms with Gasteiger partial charge in [-0.25, -0.2) is 4.98 Å². The molecule has 0 aliphatic rings. The van der Waals surface area contributed by atoms with Crippen LogP contribution in [0.5, 0.6) is 11.8 Å². The van der Waals surface area contributed by atoms with Crippen LogP contribution in [0.4, 0.5) is 19.0 Å². The molecule has 2 aromatic heterocycles. The number of anilines is 1. The highest BCUT2D eigenvalue weighted by Gasteiger charge is 2.38. The monoisotopic (exact) mass is 422 g/mol. The number of methoxy groups -OCH3 is 1. The fourth-order valence-electron chi connectivity index (χ4n) is 2.82. The lowest BCUT2D eigenvalue weighted by Crippen LogP contribution is -2.31. The summed E-state index contributed by atoms with van der Waals surface area (Å²) in [5, 5.41) is 20.1. The molecule has 0 aromatic carbocycles. The molecule has 0 aliphatic carbocycles. The molecule has 1 amide bonds. The van der Waals surface area contributed by atoms with Crippen LogP contribution in [0.3, 0.4) is 0 Å². The molecule has 0 spiro atoms.